The highest BCUT2D eigenvalue weighted by molar-refractivity contribution is 7.78. The van der Waals surface area contributed by atoms with Crippen LogP contribution in [-0.4, -0.2) is 33.2 Å². The molecule has 0 spiro atoms. The number of rotatable bonds is 7. The number of aryl methyl sites for hydroxylation is 2. The molecule has 0 unspecified atom stereocenters. The second-order valence-electron chi connectivity index (χ2n) is 6.81. The average Bonchev–Trinajstić information content (AvgIpc) is 3.19. The molecule has 2 aromatic carbocycles. The van der Waals surface area contributed by atoms with E-state index in [0.29, 0.717) is 17.8 Å². The predicted octanol–water partition coefficient (Wildman–Crippen LogP) is 5.40. The summed E-state index contributed by atoms with van der Waals surface area (Å²) in [5.41, 5.74) is 7.35. The SMILES string of the molecule is CC.CCCn1ccc2c(N(C)/C(=N\NC=S)c3cc(CC)c(O)cc3O)cccc21. The number of phenols is 2. The van der Waals surface area contributed by atoms with Gasteiger partial charge in [0, 0.05) is 31.2 Å². The minimum atomic E-state index is -0.0489. The number of amidine groups is 1. The van der Waals surface area contributed by atoms with E-state index in [9.17, 15) is 10.2 Å². The number of hydrogen-bond donors (Lipinski definition) is 3. The molecule has 0 aliphatic heterocycles. The minimum absolute atomic E-state index is 0.0489. The van der Waals surface area contributed by atoms with E-state index in [1.807, 2.05) is 44.9 Å². The molecule has 31 heavy (non-hydrogen) atoms. The van der Waals surface area contributed by atoms with Crippen LogP contribution in [0.1, 0.15) is 45.2 Å². The highest BCUT2D eigenvalue weighted by Crippen LogP contribution is 2.32. The molecule has 3 N–H and O–H groups in total. The number of fused-ring (bicyclic) bond motifs is 1. The van der Waals surface area contributed by atoms with E-state index in [4.69, 9.17) is 12.2 Å². The molecule has 1 heterocycles. The second kappa shape index (κ2) is 11.4. The Labute approximate surface area is 189 Å². The molecule has 1 aromatic heterocycles. The monoisotopic (exact) mass is 440 g/mol. The summed E-state index contributed by atoms with van der Waals surface area (Å²) in [5.74, 6) is 0.513. The van der Waals surface area contributed by atoms with Gasteiger partial charge in [0.1, 0.15) is 11.5 Å². The maximum atomic E-state index is 10.5. The summed E-state index contributed by atoms with van der Waals surface area (Å²) in [6.45, 7) is 9.05. The molecule has 7 heteroatoms. The Balaban J connectivity index is 0.00000166. The summed E-state index contributed by atoms with van der Waals surface area (Å²) in [5, 5.41) is 26.1. The molecule has 3 aromatic rings. The lowest BCUT2D eigenvalue weighted by atomic mass is 10.0. The van der Waals surface area contributed by atoms with Gasteiger partial charge in [-0.15, -0.1) is 0 Å². The van der Waals surface area contributed by atoms with Crippen molar-refractivity contribution in [1.82, 2.24) is 9.99 Å². The summed E-state index contributed by atoms with van der Waals surface area (Å²) < 4.78 is 2.23. The van der Waals surface area contributed by atoms with Gasteiger partial charge in [-0.3, -0.25) is 5.43 Å². The first-order valence-corrected chi connectivity index (χ1v) is 11.1. The molecule has 166 valence electrons. The fraction of sp³-hybridized carbons (Fsp3) is 0.333. The van der Waals surface area contributed by atoms with E-state index in [-0.39, 0.29) is 11.5 Å². The maximum absolute atomic E-state index is 10.5. The van der Waals surface area contributed by atoms with Crippen LogP contribution in [0.2, 0.25) is 0 Å². The maximum Gasteiger partial charge on any atom is 0.164 e. The van der Waals surface area contributed by atoms with Gasteiger partial charge in [-0.25, -0.2) is 0 Å². The molecule has 0 bridgehead atoms. The zero-order valence-corrected chi connectivity index (χ0v) is 19.7. The van der Waals surface area contributed by atoms with Gasteiger partial charge in [-0.2, -0.15) is 5.10 Å². The van der Waals surface area contributed by atoms with Crippen LogP contribution < -0.4 is 10.3 Å². The molecule has 0 aliphatic rings. The number of thiocarbonyl (C=S) groups is 1. The predicted molar refractivity (Wildman–Crippen MR) is 134 cm³/mol. The Kier molecular flexibility index (Phi) is 8.88. The summed E-state index contributed by atoms with van der Waals surface area (Å²) in [4.78, 5) is 1.91. The molecule has 0 amide bonds. The number of nitrogens with one attached hydrogen (secondary N) is 1. The number of hydrogen-bond acceptors (Lipinski definition) is 4. The van der Waals surface area contributed by atoms with Crippen molar-refractivity contribution in [2.24, 2.45) is 5.10 Å². The first kappa shape index (κ1) is 24.2. The quantitative estimate of drug-likeness (QED) is 0.199. The number of nitrogens with zero attached hydrogens (tertiary/aromatic N) is 3. The molecule has 0 saturated heterocycles. The lowest BCUT2D eigenvalue weighted by Gasteiger charge is -2.23. The molecule has 0 saturated carbocycles. The second-order valence-corrected chi connectivity index (χ2v) is 7.05. The Morgan fingerprint density at radius 3 is 2.55 bits per heavy atom. The van der Waals surface area contributed by atoms with E-state index in [1.165, 1.54) is 11.6 Å². The molecular weight excluding hydrogens is 408 g/mol. The van der Waals surface area contributed by atoms with Gasteiger partial charge in [0.15, 0.2) is 5.84 Å². The molecule has 0 aliphatic carbocycles. The zero-order valence-electron chi connectivity index (χ0n) is 18.9. The number of aromatic nitrogens is 1. The molecule has 0 atom stereocenters. The van der Waals surface area contributed by atoms with Crippen molar-refractivity contribution in [1.29, 1.82) is 0 Å². The number of hydrazone groups is 1. The van der Waals surface area contributed by atoms with Crippen LogP contribution >= 0.6 is 12.2 Å². The number of phenolic OH excluding ortho intramolecular Hbond substituents is 2. The van der Waals surface area contributed by atoms with Gasteiger partial charge in [0.25, 0.3) is 0 Å². The lowest BCUT2D eigenvalue weighted by molar-refractivity contribution is 0.445. The molecule has 6 nitrogen and oxygen atoms in total. The molecule has 0 radical (unpaired) electrons. The Morgan fingerprint density at radius 2 is 1.90 bits per heavy atom. The first-order chi connectivity index (χ1) is 15.0. The standard InChI is InChI=1S/C22H26N4O2S.C2H6/c1-4-10-26-11-9-16-18(7-6-8-19(16)26)25(3)22(24-23-14-29)17-12-15(5-2)20(27)13-21(17)28;1-2/h6-9,11-14,27-28H,4-5,10H2,1-3H3,(H,23,29);1-2H3/b24-22-;. The van der Waals surface area contributed by atoms with Gasteiger partial charge in [-0.05, 0) is 42.7 Å². The van der Waals surface area contributed by atoms with Crippen molar-refractivity contribution in [3.05, 3.63) is 53.7 Å². The van der Waals surface area contributed by atoms with Crippen LogP contribution in [0.5, 0.6) is 11.5 Å². The van der Waals surface area contributed by atoms with Crippen LogP contribution in [0.15, 0.2) is 47.7 Å². The van der Waals surface area contributed by atoms with Crippen LogP contribution in [0, 0.1) is 0 Å². The fourth-order valence-corrected chi connectivity index (χ4v) is 3.59. The van der Waals surface area contributed by atoms with Gasteiger partial charge in [0.05, 0.1) is 22.3 Å². The van der Waals surface area contributed by atoms with E-state index in [2.05, 4.69) is 40.3 Å². The highest BCUT2D eigenvalue weighted by atomic mass is 32.1. The van der Waals surface area contributed by atoms with Gasteiger partial charge in [-0.1, -0.05) is 46.0 Å². The zero-order chi connectivity index (χ0) is 23.0. The fourth-order valence-electron chi connectivity index (χ4n) is 3.54. The minimum Gasteiger partial charge on any atom is -0.508 e. The van der Waals surface area contributed by atoms with Crippen molar-refractivity contribution in [3.63, 3.8) is 0 Å². The number of anilines is 1. The smallest absolute Gasteiger partial charge is 0.164 e. The van der Waals surface area contributed by atoms with Crippen molar-refractivity contribution >= 4 is 40.1 Å². The van der Waals surface area contributed by atoms with E-state index < -0.39 is 0 Å². The van der Waals surface area contributed by atoms with E-state index in [1.54, 1.807) is 6.07 Å². The Hall–Kier alpha value is -3.06. The van der Waals surface area contributed by atoms with Crippen LogP contribution in [0.4, 0.5) is 5.69 Å². The van der Waals surface area contributed by atoms with Crippen molar-refractivity contribution < 1.29 is 10.2 Å². The van der Waals surface area contributed by atoms with Crippen LogP contribution in [-0.2, 0) is 13.0 Å². The third kappa shape index (κ3) is 5.17. The Morgan fingerprint density at radius 1 is 1.16 bits per heavy atom. The normalized spacial score (nSPS) is 11.1. The van der Waals surface area contributed by atoms with Crippen LogP contribution in [0.3, 0.4) is 0 Å². The summed E-state index contributed by atoms with van der Waals surface area (Å²) in [6.07, 6.45) is 3.77. The van der Waals surface area contributed by atoms with E-state index >= 15 is 0 Å². The molecule has 3 rings (SSSR count). The Bertz CT molecular complexity index is 1060. The molecule has 0 fully saturated rings. The lowest BCUT2D eigenvalue weighted by Crippen LogP contribution is -2.29. The van der Waals surface area contributed by atoms with E-state index in [0.717, 1.165) is 35.1 Å². The third-order valence-corrected chi connectivity index (χ3v) is 5.08. The topological polar surface area (TPSA) is 73.0 Å². The van der Waals surface area contributed by atoms with Gasteiger partial charge < -0.3 is 19.7 Å². The number of aromatic hydroxyl groups is 2. The van der Waals surface area contributed by atoms with Crippen molar-refractivity contribution in [3.8, 4) is 11.5 Å². The average molecular weight is 441 g/mol. The first-order valence-electron chi connectivity index (χ1n) is 10.6. The third-order valence-electron chi connectivity index (χ3n) is 4.98. The van der Waals surface area contributed by atoms with Crippen molar-refractivity contribution in [2.45, 2.75) is 47.1 Å². The van der Waals surface area contributed by atoms with Crippen molar-refractivity contribution in [2.75, 3.05) is 11.9 Å². The van der Waals surface area contributed by atoms with Gasteiger partial charge >= 0.3 is 0 Å². The summed E-state index contributed by atoms with van der Waals surface area (Å²) in [6, 6.07) is 11.3. The highest BCUT2D eigenvalue weighted by Gasteiger charge is 2.20. The molecular formula is C24H32N4O2S. The summed E-state index contributed by atoms with van der Waals surface area (Å²) in [7, 11) is 1.90. The largest absolute Gasteiger partial charge is 0.508 e. The van der Waals surface area contributed by atoms with Gasteiger partial charge in [0.2, 0.25) is 0 Å². The van der Waals surface area contributed by atoms with Crippen LogP contribution in [0.25, 0.3) is 10.9 Å². The number of benzene rings is 2. The summed E-state index contributed by atoms with van der Waals surface area (Å²) >= 11 is 4.87.